The largest absolute Gasteiger partial charge is 0.481 e. The molecule has 102 valence electrons. The first-order valence-corrected chi connectivity index (χ1v) is 6.98. The molecular weight excluding hydrogens is 310 g/mol. The van der Waals surface area contributed by atoms with Gasteiger partial charge in [0.1, 0.15) is 0 Å². The highest BCUT2D eigenvalue weighted by atomic mass is 79.9. The zero-order valence-corrected chi connectivity index (χ0v) is 12.5. The summed E-state index contributed by atoms with van der Waals surface area (Å²) in [5, 5.41) is 9.11. The van der Waals surface area contributed by atoms with Crippen LogP contribution in [0.2, 0.25) is 0 Å². The average Bonchev–Trinajstić information content (AvgIpc) is 2.74. The van der Waals surface area contributed by atoms with E-state index in [9.17, 15) is 9.59 Å². The average molecular weight is 326 g/mol. The Bertz CT molecular complexity index is 529. The molecule has 1 fully saturated rings. The SMILES string of the molecule is Cc1cccc(C(=O)N2C[C@@H](C)[C@H](C(=O)O)C2)c1Br. The summed E-state index contributed by atoms with van der Waals surface area (Å²) in [6.07, 6.45) is 0. The highest BCUT2D eigenvalue weighted by molar-refractivity contribution is 9.10. The third-order valence-electron chi connectivity index (χ3n) is 3.64. The molecule has 0 bridgehead atoms. The quantitative estimate of drug-likeness (QED) is 0.909. The monoisotopic (exact) mass is 325 g/mol. The number of aliphatic carboxylic acids is 1. The van der Waals surface area contributed by atoms with Gasteiger partial charge in [-0.25, -0.2) is 0 Å². The normalized spacial score (nSPS) is 22.6. The molecule has 1 amide bonds. The van der Waals surface area contributed by atoms with Gasteiger partial charge >= 0.3 is 5.97 Å². The van der Waals surface area contributed by atoms with Gasteiger partial charge < -0.3 is 10.0 Å². The summed E-state index contributed by atoms with van der Waals surface area (Å²) in [5.74, 6) is -1.41. The predicted molar refractivity (Wildman–Crippen MR) is 75.1 cm³/mol. The summed E-state index contributed by atoms with van der Waals surface area (Å²) in [4.78, 5) is 25.2. The molecule has 1 aromatic carbocycles. The highest BCUT2D eigenvalue weighted by Crippen LogP contribution is 2.28. The molecule has 0 saturated carbocycles. The Kier molecular flexibility index (Phi) is 3.94. The molecule has 1 aromatic rings. The van der Waals surface area contributed by atoms with Gasteiger partial charge in [-0.05, 0) is 40.4 Å². The Hall–Kier alpha value is -1.36. The van der Waals surface area contributed by atoms with Gasteiger partial charge in [0.25, 0.3) is 5.91 Å². The Morgan fingerprint density at radius 1 is 1.37 bits per heavy atom. The number of amides is 1. The molecule has 0 aromatic heterocycles. The molecule has 2 atom stereocenters. The smallest absolute Gasteiger partial charge is 0.308 e. The zero-order chi connectivity index (χ0) is 14.2. The minimum atomic E-state index is -0.828. The van der Waals surface area contributed by atoms with Gasteiger partial charge in [-0.15, -0.1) is 0 Å². The Morgan fingerprint density at radius 2 is 2.05 bits per heavy atom. The molecule has 0 unspecified atom stereocenters. The first kappa shape index (κ1) is 14.1. The lowest BCUT2D eigenvalue weighted by molar-refractivity contribution is -0.142. The van der Waals surface area contributed by atoms with E-state index >= 15 is 0 Å². The first-order valence-electron chi connectivity index (χ1n) is 6.19. The van der Waals surface area contributed by atoms with Crippen molar-refractivity contribution in [1.82, 2.24) is 4.90 Å². The van der Waals surface area contributed by atoms with Crippen molar-refractivity contribution in [2.45, 2.75) is 13.8 Å². The fourth-order valence-corrected chi connectivity index (χ4v) is 2.87. The number of rotatable bonds is 2. The van der Waals surface area contributed by atoms with Crippen LogP contribution in [0.25, 0.3) is 0 Å². The van der Waals surface area contributed by atoms with Crippen LogP contribution in [-0.2, 0) is 4.79 Å². The molecule has 1 heterocycles. The molecular formula is C14H16BrNO3. The van der Waals surface area contributed by atoms with Crippen LogP contribution >= 0.6 is 15.9 Å². The Labute approximate surface area is 120 Å². The maximum absolute atomic E-state index is 12.4. The molecule has 2 rings (SSSR count). The van der Waals surface area contributed by atoms with Gasteiger partial charge in [0.05, 0.1) is 11.5 Å². The van der Waals surface area contributed by atoms with Crippen LogP contribution < -0.4 is 0 Å². The van der Waals surface area contributed by atoms with Gasteiger partial charge in [0.2, 0.25) is 0 Å². The molecule has 1 aliphatic heterocycles. The standard InChI is InChI=1S/C14H16BrNO3/c1-8-4-3-5-10(12(8)15)13(17)16-6-9(2)11(7-16)14(18)19/h3-5,9,11H,6-7H2,1-2H3,(H,18,19)/t9-,11-/m1/s1. The lowest BCUT2D eigenvalue weighted by atomic mass is 9.99. The summed E-state index contributed by atoms with van der Waals surface area (Å²) in [6.45, 7) is 4.58. The number of carboxylic acid groups (broad SMARTS) is 1. The van der Waals surface area contributed by atoms with Gasteiger partial charge in [0.15, 0.2) is 0 Å². The fourth-order valence-electron chi connectivity index (χ4n) is 2.44. The van der Waals surface area contributed by atoms with E-state index in [0.717, 1.165) is 10.0 Å². The number of hydrogen-bond donors (Lipinski definition) is 1. The van der Waals surface area contributed by atoms with E-state index in [-0.39, 0.29) is 18.4 Å². The van der Waals surface area contributed by atoms with Crippen molar-refractivity contribution in [3.8, 4) is 0 Å². The fraction of sp³-hybridized carbons (Fsp3) is 0.429. The number of halogens is 1. The third-order valence-corrected chi connectivity index (χ3v) is 4.69. The van der Waals surface area contributed by atoms with Crippen molar-refractivity contribution in [3.05, 3.63) is 33.8 Å². The van der Waals surface area contributed by atoms with Gasteiger partial charge in [-0.1, -0.05) is 19.1 Å². The maximum Gasteiger partial charge on any atom is 0.308 e. The Morgan fingerprint density at radius 3 is 2.63 bits per heavy atom. The van der Waals surface area contributed by atoms with E-state index in [2.05, 4.69) is 15.9 Å². The van der Waals surface area contributed by atoms with Gasteiger partial charge in [-0.2, -0.15) is 0 Å². The number of hydrogen-bond acceptors (Lipinski definition) is 2. The van der Waals surface area contributed by atoms with Crippen molar-refractivity contribution in [2.75, 3.05) is 13.1 Å². The van der Waals surface area contributed by atoms with Crippen LogP contribution in [0, 0.1) is 18.8 Å². The number of likely N-dealkylation sites (tertiary alicyclic amines) is 1. The molecule has 0 aliphatic carbocycles. The van der Waals surface area contributed by atoms with Crippen LogP contribution in [0.3, 0.4) is 0 Å². The number of carboxylic acids is 1. The van der Waals surface area contributed by atoms with E-state index in [4.69, 9.17) is 5.11 Å². The van der Waals surface area contributed by atoms with E-state index in [1.54, 1.807) is 11.0 Å². The van der Waals surface area contributed by atoms with Crippen molar-refractivity contribution < 1.29 is 14.7 Å². The molecule has 1 aliphatic rings. The van der Waals surface area contributed by atoms with E-state index in [0.29, 0.717) is 12.1 Å². The second-order valence-corrected chi connectivity index (χ2v) is 5.86. The van der Waals surface area contributed by atoms with Crippen molar-refractivity contribution >= 4 is 27.8 Å². The number of nitrogens with zero attached hydrogens (tertiary/aromatic N) is 1. The molecule has 19 heavy (non-hydrogen) atoms. The summed E-state index contributed by atoms with van der Waals surface area (Å²) in [7, 11) is 0. The van der Waals surface area contributed by atoms with E-state index < -0.39 is 11.9 Å². The van der Waals surface area contributed by atoms with Crippen LogP contribution in [0.4, 0.5) is 0 Å². The molecule has 1 N–H and O–H groups in total. The van der Waals surface area contributed by atoms with Gasteiger partial charge in [-0.3, -0.25) is 9.59 Å². The van der Waals surface area contributed by atoms with E-state index in [1.807, 2.05) is 26.0 Å². The minimum absolute atomic E-state index is 0.00923. The van der Waals surface area contributed by atoms with Gasteiger partial charge in [0, 0.05) is 17.6 Å². The highest BCUT2D eigenvalue weighted by Gasteiger charge is 2.37. The second kappa shape index (κ2) is 5.33. The number of carbonyl (C=O) groups is 2. The lowest BCUT2D eigenvalue weighted by Gasteiger charge is -2.17. The number of aryl methyl sites for hydroxylation is 1. The summed E-state index contributed by atoms with van der Waals surface area (Å²) >= 11 is 3.42. The number of carbonyl (C=O) groups excluding carboxylic acids is 1. The van der Waals surface area contributed by atoms with Crippen LogP contribution in [0.1, 0.15) is 22.8 Å². The minimum Gasteiger partial charge on any atom is -0.481 e. The molecule has 0 spiro atoms. The topological polar surface area (TPSA) is 57.6 Å². The molecule has 5 heteroatoms. The second-order valence-electron chi connectivity index (χ2n) is 5.07. The van der Waals surface area contributed by atoms with Crippen molar-refractivity contribution in [3.63, 3.8) is 0 Å². The molecule has 1 saturated heterocycles. The summed E-state index contributed by atoms with van der Waals surface area (Å²) in [5.41, 5.74) is 1.59. The van der Waals surface area contributed by atoms with Crippen LogP contribution in [0.5, 0.6) is 0 Å². The first-order chi connectivity index (χ1) is 8.91. The van der Waals surface area contributed by atoms with Crippen LogP contribution in [0.15, 0.2) is 22.7 Å². The third kappa shape index (κ3) is 2.66. The molecule has 4 nitrogen and oxygen atoms in total. The predicted octanol–water partition coefficient (Wildman–Crippen LogP) is 2.55. The lowest BCUT2D eigenvalue weighted by Crippen LogP contribution is -2.30. The number of benzene rings is 1. The summed E-state index contributed by atoms with van der Waals surface area (Å²) in [6, 6.07) is 5.52. The van der Waals surface area contributed by atoms with Crippen LogP contribution in [-0.4, -0.2) is 35.0 Å². The Balaban J connectivity index is 2.22. The molecule has 0 radical (unpaired) electrons. The van der Waals surface area contributed by atoms with Crippen molar-refractivity contribution in [1.29, 1.82) is 0 Å². The summed E-state index contributed by atoms with van der Waals surface area (Å²) < 4.78 is 0.784. The zero-order valence-electron chi connectivity index (χ0n) is 10.9. The van der Waals surface area contributed by atoms with E-state index in [1.165, 1.54) is 0 Å². The van der Waals surface area contributed by atoms with Crippen molar-refractivity contribution in [2.24, 2.45) is 11.8 Å². The maximum atomic E-state index is 12.4.